The molecule has 0 radical (unpaired) electrons. The van der Waals surface area contributed by atoms with Gasteiger partial charge in [0, 0.05) is 13.2 Å². The van der Waals surface area contributed by atoms with Crippen molar-refractivity contribution in [2.75, 3.05) is 32.9 Å². The van der Waals surface area contributed by atoms with E-state index >= 15 is 0 Å². The molecule has 0 unspecified atom stereocenters. The summed E-state index contributed by atoms with van der Waals surface area (Å²) in [6.45, 7) is 4.39. The average Bonchev–Trinajstić information content (AvgIpc) is 3.32. The molecule has 2 fully saturated rings. The number of carbonyl (C=O) groups is 1. The molecule has 6 heteroatoms. The monoisotopic (exact) mass is 322 g/mol. The highest BCUT2D eigenvalue weighted by Gasteiger charge is 2.30. The van der Waals surface area contributed by atoms with Gasteiger partial charge in [0.2, 0.25) is 5.91 Å². The molecule has 1 amide bonds. The predicted octanol–water partition coefficient (Wildman–Crippen LogP) is 1.56. The molecule has 0 aromatic carbocycles. The van der Waals surface area contributed by atoms with Crippen molar-refractivity contribution in [3.05, 3.63) is 24.2 Å². The molecular weight excluding hydrogens is 296 g/mol. The molecular formula is C17H26N2O4. The highest BCUT2D eigenvalue weighted by molar-refractivity contribution is 5.81. The summed E-state index contributed by atoms with van der Waals surface area (Å²) in [5.74, 6) is 0.862. The van der Waals surface area contributed by atoms with E-state index in [1.54, 1.807) is 6.26 Å². The van der Waals surface area contributed by atoms with Crippen LogP contribution < -0.4 is 5.32 Å². The van der Waals surface area contributed by atoms with Crippen LogP contribution in [0.2, 0.25) is 0 Å². The van der Waals surface area contributed by atoms with Gasteiger partial charge < -0.3 is 19.2 Å². The molecule has 0 saturated carbocycles. The van der Waals surface area contributed by atoms with Crippen molar-refractivity contribution in [2.24, 2.45) is 0 Å². The lowest BCUT2D eigenvalue weighted by molar-refractivity contribution is -0.126. The highest BCUT2D eigenvalue weighted by atomic mass is 16.5. The molecule has 2 aliphatic rings. The predicted molar refractivity (Wildman–Crippen MR) is 84.9 cm³/mol. The summed E-state index contributed by atoms with van der Waals surface area (Å²) in [4.78, 5) is 14.6. The molecule has 2 saturated heterocycles. The molecule has 0 bridgehead atoms. The second-order valence-corrected chi connectivity index (χ2v) is 6.20. The third kappa shape index (κ3) is 4.80. The normalized spacial score (nSPS) is 25.0. The Bertz CT molecular complexity index is 471. The fourth-order valence-electron chi connectivity index (χ4n) is 3.27. The minimum absolute atomic E-state index is 0.0451. The lowest BCUT2D eigenvalue weighted by Crippen LogP contribution is -2.44. The van der Waals surface area contributed by atoms with E-state index in [9.17, 15) is 4.79 Å². The minimum atomic E-state index is -0.0451. The first-order valence-electron chi connectivity index (χ1n) is 8.56. The van der Waals surface area contributed by atoms with Crippen LogP contribution in [0.3, 0.4) is 0 Å². The lowest BCUT2D eigenvalue weighted by Gasteiger charge is -2.23. The number of rotatable bonds is 8. The Morgan fingerprint density at radius 3 is 3.13 bits per heavy atom. The van der Waals surface area contributed by atoms with Crippen molar-refractivity contribution in [3.63, 3.8) is 0 Å². The zero-order chi connectivity index (χ0) is 15.9. The van der Waals surface area contributed by atoms with Crippen molar-refractivity contribution in [1.29, 1.82) is 0 Å². The fourth-order valence-corrected chi connectivity index (χ4v) is 3.27. The van der Waals surface area contributed by atoms with E-state index in [0.717, 1.165) is 51.1 Å². The van der Waals surface area contributed by atoms with Gasteiger partial charge in [-0.2, -0.15) is 0 Å². The Morgan fingerprint density at radius 1 is 1.39 bits per heavy atom. The Kier molecular flexibility index (Phi) is 6.07. The summed E-state index contributed by atoms with van der Waals surface area (Å²) in [7, 11) is 0. The van der Waals surface area contributed by atoms with E-state index in [2.05, 4.69) is 10.2 Å². The van der Waals surface area contributed by atoms with Crippen LogP contribution in [0.25, 0.3) is 0 Å². The summed E-state index contributed by atoms with van der Waals surface area (Å²) < 4.78 is 16.5. The number of ether oxygens (including phenoxy) is 2. The smallest absolute Gasteiger partial charge is 0.237 e. The van der Waals surface area contributed by atoms with E-state index in [4.69, 9.17) is 13.9 Å². The highest BCUT2D eigenvalue weighted by Crippen LogP contribution is 2.17. The second kappa shape index (κ2) is 8.47. The number of hydrogen-bond donors (Lipinski definition) is 1. The Hall–Kier alpha value is -1.37. The maximum Gasteiger partial charge on any atom is 0.237 e. The van der Waals surface area contributed by atoms with Gasteiger partial charge in [-0.15, -0.1) is 0 Å². The van der Waals surface area contributed by atoms with Crippen molar-refractivity contribution in [3.8, 4) is 0 Å². The molecule has 2 atom stereocenters. The van der Waals surface area contributed by atoms with Gasteiger partial charge in [-0.1, -0.05) is 0 Å². The van der Waals surface area contributed by atoms with Crippen molar-refractivity contribution in [1.82, 2.24) is 10.2 Å². The molecule has 1 aromatic heterocycles. The van der Waals surface area contributed by atoms with Crippen LogP contribution in [0.5, 0.6) is 0 Å². The van der Waals surface area contributed by atoms with Crippen LogP contribution in [0.15, 0.2) is 22.8 Å². The average molecular weight is 322 g/mol. The molecule has 3 heterocycles. The van der Waals surface area contributed by atoms with E-state index in [1.807, 2.05) is 12.1 Å². The van der Waals surface area contributed by atoms with Crippen LogP contribution in [-0.4, -0.2) is 55.9 Å². The third-order valence-electron chi connectivity index (χ3n) is 4.53. The van der Waals surface area contributed by atoms with Crippen LogP contribution in [-0.2, 0) is 20.8 Å². The Balaban J connectivity index is 1.35. The number of hydrogen-bond acceptors (Lipinski definition) is 5. The summed E-state index contributed by atoms with van der Waals surface area (Å²) in [6, 6.07) is 3.65. The first kappa shape index (κ1) is 16.5. The first-order chi connectivity index (χ1) is 11.3. The molecule has 23 heavy (non-hydrogen) atoms. The molecule has 1 N–H and O–H groups in total. The number of nitrogens with one attached hydrogen (secondary N) is 1. The van der Waals surface area contributed by atoms with Crippen LogP contribution in [0.4, 0.5) is 0 Å². The minimum Gasteiger partial charge on any atom is -0.467 e. The van der Waals surface area contributed by atoms with Gasteiger partial charge >= 0.3 is 0 Å². The van der Waals surface area contributed by atoms with Crippen molar-refractivity contribution < 1.29 is 18.7 Å². The van der Waals surface area contributed by atoms with Gasteiger partial charge in [0.25, 0.3) is 0 Å². The maximum absolute atomic E-state index is 12.3. The molecule has 0 aliphatic carbocycles. The number of amides is 1. The van der Waals surface area contributed by atoms with E-state index in [-0.39, 0.29) is 18.1 Å². The molecule has 0 spiro atoms. The number of furan rings is 1. The van der Waals surface area contributed by atoms with Crippen LogP contribution >= 0.6 is 0 Å². The van der Waals surface area contributed by atoms with Crippen molar-refractivity contribution in [2.45, 2.75) is 44.4 Å². The van der Waals surface area contributed by atoms with Gasteiger partial charge in [0.05, 0.1) is 38.2 Å². The molecule has 2 aliphatic heterocycles. The van der Waals surface area contributed by atoms with Gasteiger partial charge in [-0.3, -0.25) is 9.69 Å². The first-order valence-corrected chi connectivity index (χ1v) is 8.56. The van der Waals surface area contributed by atoms with Gasteiger partial charge in [-0.25, -0.2) is 0 Å². The Morgan fingerprint density at radius 2 is 2.35 bits per heavy atom. The van der Waals surface area contributed by atoms with E-state index < -0.39 is 0 Å². The van der Waals surface area contributed by atoms with E-state index in [0.29, 0.717) is 19.8 Å². The second-order valence-electron chi connectivity index (χ2n) is 6.20. The number of nitrogens with zero attached hydrogens (tertiary/aromatic N) is 1. The van der Waals surface area contributed by atoms with E-state index in [1.165, 1.54) is 0 Å². The SMILES string of the molecule is O=C(NCc1ccco1)[C@@H]1CCCN1CCOC[C@@H]1CCCO1. The summed E-state index contributed by atoms with van der Waals surface area (Å²) in [6.07, 6.45) is 6.09. The lowest BCUT2D eigenvalue weighted by atomic mass is 10.2. The largest absolute Gasteiger partial charge is 0.467 e. The zero-order valence-electron chi connectivity index (χ0n) is 13.5. The number of carbonyl (C=O) groups excluding carboxylic acids is 1. The van der Waals surface area contributed by atoms with Gasteiger partial charge in [0.1, 0.15) is 5.76 Å². The molecule has 1 aromatic rings. The third-order valence-corrected chi connectivity index (χ3v) is 4.53. The van der Waals surface area contributed by atoms with Gasteiger partial charge in [0.15, 0.2) is 0 Å². The molecule has 3 rings (SSSR count). The van der Waals surface area contributed by atoms with Crippen molar-refractivity contribution >= 4 is 5.91 Å². The Labute approximate surface area is 137 Å². The number of likely N-dealkylation sites (tertiary alicyclic amines) is 1. The zero-order valence-corrected chi connectivity index (χ0v) is 13.5. The van der Waals surface area contributed by atoms with Gasteiger partial charge in [-0.05, 0) is 44.4 Å². The summed E-state index contributed by atoms with van der Waals surface area (Å²) in [5.41, 5.74) is 0. The topological polar surface area (TPSA) is 63.9 Å². The molecule has 128 valence electrons. The summed E-state index contributed by atoms with van der Waals surface area (Å²) >= 11 is 0. The van der Waals surface area contributed by atoms with Crippen LogP contribution in [0.1, 0.15) is 31.4 Å². The quantitative estimate of drug-likeness (QED) is 0.736. The summed E-state index contributed by atoms with van der Waals surface area (Å²) in [5, 5.41) is 2.96. The standard InChI is InChI=1S/C17H26N2O4/c20-17(18-12-14-4-2-9-22-14)16-6-1-7-19(16)8-11-21-13-15-5-3-10-23-15/h2,4,9,15-16H,1,3,5-8,10-13H2,(H,18,20)/t15-,16-/m0/s1. The van der Waals surface area contributed by atoms with Crippen LogP contribution in [0, 0.1) is 0 Å². The fraction of sp³-hybridized carbons (Fsp3) is 0.706. The maximum atomic E-state index is 12.3. The molecule has 6 nitrogen and oxygen atoms in total.